The second-order valence-corrected chi connectivity index (χ2v) is 6.60. The van der Waals surface area contributed by atoms with Gasteiger partial charge in [0.1, 0.15) is 0 Å². The standard InChI is InChI=1S/C12H14ClN3O4S.ClH/c13-10-2-1-3-11(16(17)18)12(10)21(19,20)15-8-9-4-6-14-7-5-9;/h1-4,14-15H,5-8H2;1H. The van der Waals surface area contributed by atoms with Crippen molar-refractivity contribution in [3.05, 3.63) is 45.0 Å². The van der Waals surface area contributed by atoms with Crippen molar-refractivity contribution in [3.63, 3.8) is 0 Å². The fraction of sp³-hybridized carbons (Fsp3) is 0.333. The lowest BCUT2D eigenvalue weighted by Gasteiger charge is -2.15. The second-order valence-electron chi connectivity index (χ2n) is 4.49. The lowest BCUT2D eigenvalue weighted by Crippen LogP contribution is -2.30. The summed E-state index contributed by atoms with van der Waals surface area (Å²) in [5, 5.41) is 13.9. The fourth-order valence-electron chi connectivity index (χ4n) is 2.00. The molecular formula is C12H15Cl2N3O4S. The molecule has 0 atom stereocenters. The van der Waals surface area contributed by atoms with Crippen LogP contribution in [-0.2, 0) is 10.0 Å². The van der Waals surface area contributed by atoms with Crippen LogP contribution in [0, 0.1) is 10.1 Å². The molecule has 122 valence electrons. The molecule has 0 saturated heterocycles. The zero-order valence-corrected chi connectivity index (χ0v) is 13.8. The van der Waals surface area contributed by atoms with Crippen LogP contribution in [0.25, 0.3) is 0 Å². The third kappa shape index (κ3) is 4.40. The largest absolute Gasteiger partial charge is 0.313 e. The maximum absolute atomic E-state index is 12.3. The predicted molar refractivity (Wildman–Crippen MR) is 86.1 cm³/mol. The van der Waals surface area contributed by atoms with Gasteiger partial charge in [-0.25, -0.2) is 13.1 Å². The smallest absolute Gasteiger partial charge is 0.290 e. The van der Waals surface area contributed by atoms with Gasteiger partial charge in [0.2, 0.25) is 10.0 Å². The Labute approximate surface area is 139 Å². The van der Waals surface area contributed by atoms with Crippen LogP contribution < -0.4 is 10.0 Å². The van der Waals surface area contributed by atoms with Gasteiger partial charge < -0.3 is 5.32 Å². The van der Waals surface area contributed by atoms with Crippen LogP contribution in [0.4, 0.5) is 5.69 Å². The molecule has 0 aliphatic carbocycles. The summed E-state index contributed by atoms with van der Waals surface area (Å²) in [6, 6.07) is 3.77. The Hall–Kier alpha value is -1.19. The molecule has 1 heterocycles. The molecule has 22 heavy (non-hydrogen) atoms. The third-order valence-corrected chi connectivity index (χ3v) is 4.98. The molecule has 1 aliphatic heterocycles. The highest BCUT2D eigenvalue weighted by Gasteiger charge is 2.28. The Morgan fingerprint density at radius 1 is 1.41 bits per heavy atom. The lowest BCUT2D eigenvalue weighted by molar-refractivity contribution is -0.387. The van der Waals surface area contributed by atoms with Gasteiger partial charge in [-0.2, -0.15) is 0 Å². The quantitative estimate of drug-likeness (QED) is 0.469. The molecule has 0 unspecified atom stereocenters. The monoisotopic (exact) mass is 367 g/mol. The van der Waals surface area contributed by atoms with Crippen molar-refractivity contribution in [1.82, 2.24) is 10.0 Å². The fourth-order valence-corrected chi connectivity index (χ4v) is 3.73. The molecule has 7 nitrogen and oxygen atoms in total. The molecule has 0 saturated carbocycles. The average Bonchev–Trinajstić information content (AvgIpc) is 2.46. The molecule has 0 aromatic heterocycles. The summed E-state index contributed by atoms with van der Waals surface area (Å²) in [5.74, 6) is 0. The molecule has 1 aromatic carbocycles. The molecule has 1 aliphatic rings. The minimum atomic E-state index is -4.05. The van der Waals surface area contributed by atoms with Crippen molar-refractivity contribution in [2.24, 2.45) is 0 Å². The zero-order chi connectivity index (χ0) is 15.5. The maximum Gasteiger partial charge on any atom is 0.290 e. The van der Waals surface area contributed by atoms with E-state index in [1.54, 1.807) is 0 Å². The first kappa shape index (κ1) is 18.9. The van der Waals surface area contributed by atoms with Gasteiger partial charge in [0.15, 0.2) is 4.90 Å². The Balaban J connectivity index is 0.00000242. The van der Waals surface area contributed by atoms with E-state index in [9.17, 15) is 18.5 Å². The molecule has 10 heteroatoms. The van der Waals surface area contributed by atoms with E-state index in [2.05, 4.69) is 10.0 Å². The Kier molecular flexibility index (Phi) is 6.76. The predicted octanol–water partition coefficient (Wildman–Crippen LogP) is 1.87. The Morgan fingerprint density at radius 3 is 2.73 bits per heavy atom. The number of nitrogens with zero attached hydrogens (tertiary/aromatic N) is 1. The van der Waals surface area contributed by atoms with Crippen LogP contribution in [-0.4, -0.2) is 33.0 Å². The highest BCUT2D eigenvalue weighted by Crippen LogP contribution is 2.30. The number of benzene rings is 1. The van der Waals surface area contributed by atoms with E-state index < -0.39 is 25.5 Å². The number of hydrogen-bond donors (Lipinski definition) is 2. The number of sulfonamides is 1. The van der Waals surface area contributed by atoms with Gasteiger partial charge in [0.05, 0.1) is 9.95 Å². The van der Waals surface area contributed by atoms with Crippen LogP contribution in [0.2, 0.25) is 5.02 Å². The zero-order valence-electron chi connectivity index (χ0n) is 11.4. The number of hydrogen-bond acceptors (Lipinski definition) is 5. The SMILES string of the molecule is Cl.O=[N+]([O-])c1cccc(Cl)c1S(=O)(=O)NCC1=CCNCC1. The van der Waals surface area contributed by atoms with E-state index in [4.69, 9.17) is 11.6 Å². The number of nitro groups is 1. The molecule has 0 spiro atoms. The van der Waals surface area contributed by atoms with Gasteiger partial charge in [-0.3, -0.25) is 10.1 Å². The van der Waals surface area contributed by atoms with Crippen molar-refractivity contribution in [2.75, 3.05) is 19.6 Å². The number of nitro benzene ring substituents is 1. The molecule has 0 radical (unpaired) electrons. The van der Waals surface area contributed by atoms with Crippen molar-refractivity contribution >= 4 is 39.7 Å². The molecule has 2 N–H and O–H groups in total. The minimum absolute atomic E-state index is 0. The average molecular weight is 368 g/mol. The van der Waals surface area contributed by atoms with Gasteiger partial charge in [-0.1, -0.05) is 29.3 Å². The molecule has 2 rings (SSSR count). The molecule has 0 fully saturated rings. The second kappa shape index (κ2) is 7.89. The summed E-state index contributed by atoms with van der Waals surface area (Å²) >= 11 is 5.83. The van der Waals surface area contributed by atoms with Gasteiger partial charge in [-0.15, -0.1) is 12.4 Å². The van der Waals surface area contributed by atoms with Crippen molar-refractivity contribution in [2.45, 2.75) is 11.3 Å². The highest BCUT2D eigenvalue weighted by atomic mass is 35.5. The Morgan fingerprint density at radius 2 is 2.14 bits per heavy atom. The van der Waals surface area contributed by atoms with E-state index >= 15 is 0 Å². The van der Waals surface area contributed by atoms with E-state index in [1.807, 2.05) is 6.08 Å². The summed E-state index contributed by atoms with van der Waals surface area (Å²) in [7, 11) is -4.05. The van der Waals surface area contributed by atoms with Crippen molar-refractivity contribution in [1.29, 1.82) is 0 Å². The van der Waals surface area contributed by atoms with Gasteiger partial charge >= 0.3 is 0 Å². The first-order valence-corrected chi connectivity index (χ1v) is 8.09. The van der Waals surface area contributed by atoms with Crippen molar-refractivity contribution in [3.8, 4) is 0 Å². The third-order valence-electron chi connectivity index (χ3n) is 3.06. The van der Waals surface area contributed by atoms with Gasteiger partial charge in [0, 0.05) is 19.2 Å². The van der Waals surface area contributed by atoms with Crippen LogP contribution in [0.1, 0.15) is 6.42 Å². The van der Waals surface area contributed by atoms with E-state index in [0.717, 1.165) is 24.6 Å². The van der Waals surface area contributed by atoms with E-state index in [0.29, 0.717) is 6.54 Å². The highest BCUT2D eigenvalue weighted by molar-refractivity contribution is 7.89. The summed E-state index contributed by atoms with van der Waals surface area (Å²) in [5.41, 5.74) is 0.404. The molecular weight excluding hydrogens is 353 g/mol. The van der Waals surface area contributed by atoms with Crippen molar-refractivity contribution < 1.29 is 13.3 Å². The summed E-state index contributed by atoms with van der Waals surface area (Å²) < 4.78 is 26.9. The van der Waals surface area contributed by atoms with E-state index in [-0.39, 0.29) is 24.0 Å². The Bertz CT molecular complexity index is 692. The number of rotatable bonds is 5. The summed E-state index contributed by atoms with van der Waals surface area (Å²) in [4.78, 5) is 9.71. The summed E-state index contributed by atoms with van der Waals surface area (Å²) in [6.07, 6.45) is 2.63. The minimum Gasteiger partial charge on any atom is -0.313 e. The lowest BCUT2D eigenvalue weighted by atomic mass is 10.1. The van der Waals surface area contributed by atoms with Crippen LogP contribution in [0.5, 0.6) is 0 Å². The normalized spacial score (nSPS) is 14.9. The maximum atomic E-state index is 12.3. The molecule has 0 amide bonds. The topological polar surface area (TPSA) is 101 Å². The van der Waals surface area contributed by atoms with Crippen LogP contribution >= 0.6 is 24.0 Å². The van der Waals surface area contributed by atoms with Crippen LogP contribution in [0.15, 0.2) is 34.7 Å². The molecule has 1 aromatic rings. The first-order chi connectivity index (χ1) is 9.92. The number of halogens is 2. The number of nitrogens with one attached hydrogen (secondary N) is 2. The van der Waals surface area contributed by atoms with Gasteiger partial charge in [0.25, 0.3) is 5.69 Å². The molecule has 0 bridgehead atoms. The van der Waals surface area contributed by atoms with E-state index in [1.165, 1.54) is 12.1 Å². The summed E-state index contributed by atoms with van der Waals surface area (Å²) in [6.45, 7) is 1.58. The first-order valence-electron chi connectivity index (χ1n) is 6.23. The van der Waals surface area contributed by atoms with Gasteiger partial charge in [-0.05, 0) is 19.0 Å². The van der Waals surface area contributed by atoms with Crippen LogP contribution in [0.3, 0.4) is 0 Å².